The van der Waals surface area contributed by atoms with Crippen molar-refractivity contribution >= 4 is 17.8 Å². The van der Waals surface area contributed by atoms with Crippen LogP contribution in [0.2, 0.25) is 0 Å². The third kappa shape index (κ3) is 4.05. The molecule has 0 saturated heterocycles. The molecule has 4 heteroatoms. The standard InChI is InChI=1S/C17H21N3O/c1-4-14-11-18-20-17(14)19-16(21)10-7-13-5-8-15(9-6-13)12(2)3/h5-12H,4H2,1-3H3,(H2,18,19,20,21)/b10-7+. The summed E-state index contributed by atoms with van der Waals surface area (Å²) < 4.78 is 0. The molecule has 21 heavy (non-hydrogen) atoms. The number of anilines is 1. The van der Waals surface area contributed by atoms with Crippen LogP contribution in [0.1, 0.15) is 43.4 Å². The number of nitrogens with zero attached hydrogens (tertiary/aromatic N) is 1. The molecule has 1 amide bonds. The lowest BCUT2D eigenvalue weighted by molar-refractivity contribution is -0.111. The zero-order chi connectivity index (χ0) is 15.2. The second-order valence-corrected chi connectivity index (χ2v) is 5.27. The van der Waals surface area contributed by atoms with Crippen molar-refractivity contribution in [3.8, 4) is 0 Å². The molecule has 4 nitrogen and oxygen atoms in total. The number of aromatic nitrogens is 2. The molecular weight excluding hydrogens is 262 g/mol. The lowest BCUT2D eigenvalue weighted by atomic mass is 10.0. The molecule has 2 aromatic rings. The predicted molar refractivity (Wildman–Crippen MR) is 86.2 cm³/mol. The molecule has 0 spiro atoms. The number of benzene rings is 1. The van der Waals surface area contributed by atoms with Gasteiger partial charge in [-0.15, -0.1) is 0 Å². The average Bonchev–Trinajstić information content (AvgIpc) is 2.92. The van der Waals surface area contributed by atoms with Gasteiger partial charge in [0.2, 0.25) is 5.91 Å². The number of rotatable bonds is 5. The summed E-state index contributed by atoms with van der Waals surface area (Å²) in [4.78, 5) is 11.9. The molecule has 0 fully saturated rings. The van der Waals surface area contributed by atoms with Crippen LogP contribution in [0.4, 0.5) is 5.82 Å². The highest BCUT2D eigenvalue weighted by atomic mass is 16.1. The van der Waals surface area contributed by atoms with Crippen LogP contribution in [-0.2, 0) is 11.2 Å². The topological polar surface area (TPSA) is 57.8 Å². The van der Waals surface area contributed by atoms with Crippen LogP contribution in [0.5, 0.6) is 0 Å². The number of carbonyl (C=O) groups is 1. The zero-order valence-electron chi connectivity index (χ0n) is 12.7. The molecule has 1 heterocycles. The maximum Gasteiger partial charge on any atom is 0.249 e. The van der Waals surface area contributed by atoms with E-state index in [9.17, 15) is 4.79 Å². The normalized spacial score (nSPS) is 11.2. The Kier molecular flexibility index (Phi) is 4.93. The van der Waals surface area contributed by atoms with Gasteiger partial charge in [-0.05, 0) is 29.5 Å². The lowest BCUT2D eigenvalue weighted by Crippen LogP contribution is -2.09. The molecule has 0 aliphatic carbocycles. The Morgan fingerprint density at radius 3 is 2.67 bits per heavy atom. The Labute approximate surface area is 125 Å². The molecular formula is C17H21N3O. The third-order valence-corrected chi connectivity index (χ3v) is 3.38. The second kappa shape index (κ2) is 6.88. The number of hydrogen-bond acceptors (Lipinski definition) is 2. The van der Waals surface area contributed by atoms with Crippen molar-refractivity contribution in [1.82, 2.24) is 10.2 Å². The minimum absolute atomic E-state index is 0.165. The molecule has 1 aromatic carbocycles. The largest absolute Gasteiger partial charge is 0.307 e. The highest BCUT2D eigenvalue weighted by molar-refractivity contribution is 6.01. The van der Waals surface area contributed by atoms with Crippen molar-refractivity contribution < 1.29 is 4.79 Å². The number of amides is 1. The van der Waals surface area contributed by atoms with Gasteiger partial charge in [0.05, 0.1) is 6.20 Å². The van der Waals surface area contributed by atoms with Crippen LogP contribution in [0.25, 0.3) is 6.08 Å². The predicted octanol–water partition coefficient (Wildman–Crippen LogP) is 3.75. The number of aromatic amines is 1. The first kappa shape index (κ1) is 15.0. The average molecular weight is 283 g/mol. The van der Waals surface area contributed by atoms with Crippen LogP contribution >= 0.6 is 0 Å². The summed E-state index contributed by atoms with van der Waals surface area (Å²) in [5.74, 6) is 1.02. The number of hydrogen-bond donors (Lipinski definition) is 2. The summed E-state index contributed by atoms with van der Waals surface area (Å²) in [6, 6.07) is 8.22. The van der Waals surface area contributed by atoms with Gasteiger partial charge in [0, 0.05) is 11.6 Å². The summed E-state index contributed by atoms with van der Waals surface area (Å²) in [5, 5.41) is 9.51. The van der Waals surface area contributed by atoms with Gasteiger partial charge in [0.15, 0.2) is 0 Å². The first-order chi connectivity index (χ1) is 10.1. The monoisotopic (exact) mass is 283 g/mol. The van der Waals surface area contributed by atoms with Crippen molar-refractivity contribution in [3.63, 3.8) is 0 Å². The fourth-order valence-corrected chi connectivity index (χ4v) is 2.02. The molecule has 1 aromatic heterocycles. The van der Waals surface area contributed by atoms with E-state index in [2.05, 4.69) is 41.5 Å². The lowest BCUT2D eigenvalue weighted by Gasteiger charge is -2.04. The highest BCUT2D eigenvalue weighted by Gasteiger charge is 2.05. The Balaban J connectivity index is 1.98. The van der Waals surface area contributed by atoms with Gasteiger partial charge < -0.3 is 5.32 Å². The summed E-state index contributed by atoms with van der Waals surface area (Å²) >= 11 is 0. The summed E-state index contributed by atoms with van der Waals surface area (Å²) in [7, 11) is 0. The fourth-order valence-electron chi connectivity index (χ4n) is 2.02. The smallest absolute Gasteiger partial charge is 0.249 e. The van der Waals surface area contributed by atoms with Gasteiger partial charge in [-0.25, -0.2) is 0 Å². The minimum atomic E-state index is -0.165. The van der Waals surface area contributed by atoms with E-state index in [0.717, 1.165) is 17.5 Å². The third-order valence-electron chi connectivity index (χ3n) is 3.38. The van der Waals surface area contributed by atoms with Crippen LogP contribution in [-0.4, -0.2) is 16.1 Å². The van der Waals surface area contributed by atoms with Crippen LogP contribution in [0, 0.1) is 0 Å². The maximum atomic E-state index is 11.9. The van der Waals surface area contributed by atoms with E-state index in [-0.39, 0.29) is 5.91 Å². The number of nitrogens with one attached hydrogen (secondary N) is 2. The summed E-state index contributed by atoms with van der Waals surface area (Å²) in [6.07, 6.45) is 5.89. The number of H-pyrrole nitrogens is 1. The van der Waals surface area contributed by atoms with Crippen molar-refractivity contribution in [2.45, 2.75) is 33.1 Å². The van der Waals surface area contributed by atoms with E-state index in [1.807, 2.05) is 19.1 Å². The van der Waals surface area contributed by atoms with E-state index in [1.165, 1.54) is 11.6 Å². The SMILES string of the molecule is CCc1cn[nH]c1NC(=O)/C=C/c1ccc(C(C)C)cc1. The Morgan fingerprint density at radius 2 is 2.05 bits per heavy atom. The van der Waals surface area contributed by atoms with Crippen molar-refractivity contribution in [1.29, 1.82) is 0 Å². The minimum Gasteiger partial charge on any atom is -0.307 e. The Morgan fingerprint density at radius 1 is 1.33 bits per heavy atom. The van der Waals surface area contributed by atoms with E-state index in [4.69, 9.17) is 0 Å². The van der Waals surface area contributed by atoms with Crippen LogP contribution < -0.4 is 5.32 Å². The molecule has 0 aliphatic heterocycles. The van der Waals surface area contributed by atoms with Gasteiger partial charge in [-0.1, -0.05) is 45.0 Å². The summed E-state index contributed by atoms with van der Waals surface area (Å²) in [5.41, 5.74) is 3.30. The quantitative estimate of drug-likeness (QED) is 0.821. The molecule has 2 N–H and O–H groups in total. The molecule has 2 rings (SSSR count). The van der Waals surface area contributed by atoms with E-state index in [0.29, 0.717) is 11.7 Å². The Hall–Kier alpha value is -2.36. The van der Waals surface area contributed by atoms with Gasteiger partial charge in [-0.2, -0.15) is 5.10 Å². The van der Waals surface area contributed by atoms with E-state index < -0.39 is 0 Å². The molecule has 0 bridgehead atoms. The highest BCUT2D eigenvalue weighted by Crippen LogP contribution is 2.15. The number of carbonyl (C=O) groups excluding carboxylic acids is 1. The van der Waals surface area contributed by atoms with Crippen LogP contribution in [0.15, 0.2) is 36.5 Å². The van der Waals surface area contributed by atoms with Crippen molar-refractivity contribution in [2.75, 3.05) is 5.32 Å². The van der Waals surface area contributed by atoms with Gasteiger partial charge in [0.25, 0.3) is 0 Å². The first-order valence-corrected chi connectivity index (χ1v) is 7.21. The first-order valence-electron chi connectivity index (χ1n) is 7.21. The maximum absolute atomic E-state index is 11.9. The Bertz CT molecular complexity index is 624. The van der Waals surface area contributed by atoms with Crippen molar-refractivity contribution in [3.05, 3.63) is 53.2 Å². The molecule has 0 radical (unpaired) electrons. The summed E-state index contributed by atoms with van der Waals surface area (Å²) in [6.45, 7) is 6.34. The van der Waals surface area contributed by atoms with Crippen molar-refractivity contribution in [2.24, 2.45) is 0 Å². The fraction of sp³-hybridized carbons (Fsp3) is 0.294. The van der Waals surface area contributed by atoms with E-state index in [1.54, 1.807) is 12.3 Å². The van der Waals surface area contributed by atoms with E-state index >= 15 is 0 Å². The molecule has 110 valence electrons. The van der Waals surface area contributed by atoms with Gasteiger partial charge in [0.1, 0.15) is 5.82 Å². The number of aryl methyl sites for hydroxylation is 1. The molecule has 0 saturated carbocycles. The molecule has 0 aliphatic rings. The van der Waals surface area contributed by atoms with Gasteiger partial charge in [-0.3, -0.25) is 9.89 Å². The second-order valence-electron chi connectivity index (χ2n) is 5.27. The zero-order valence-corrected chi connectivity index (χ0v) is 12.7. The van der Waals surface area contributed by atoms with Gasteiger partial charge >= 0.3 is 0 Å². The molecule has 0 unspecified atom stereocenters. The molecule has 0 atom stereocenters. The van der Waals surface area contributed by atoms with Crippen LogP contribution in [0.3, 0.4) is 0 Å².